The van der Waals surface area contributed by atoms with E-state index >= 15 is 0 Å². The van der Waals surface area contributed by atoms with Crippen LogP contribution in [0.2, 0.25) is 0 Å². The number of fused-ring (bicyclic) bond motifs is 1. The van der Waals surface area contributed by atoms with Crippen LogP contribution in [0.1, 0.15) is 42.9 Å². The van der Waals surface area contributed by atoms with Crippen molar-refractivity contribution in [1.29, 1.82) is 0 Å². The number of aromatic nitrogens is 2. The maximum absolute atomic E-state index is 5.04. The highest BCUT2D eigenvalue weighted by Crippen LogP contribution is 2.29. The van der Waals surface area contributed by atoms with E-state index in [4.69, 9.17) is 4.74 Å². The summed E-state index contributed by atoms with van der Waals surface area (Å²) in [5, 5.41) is 0. The lowest BCUT2D eigenvalue weighted by Gasteiger charge is -2.15. The maximum atomic E-state index is 5.04. The summed E-state index contributed by atoms with van der Waals surface area (Å²) in [5.41, 5.74) is 2.65. The van der Waals surface area contributed by atoms with E-state index in [0.717, 1.165) is 18.9 Å². The molecule has 1 aromatic heterocycles. The van der Waals surface area contributed by atoms with Crippen molar-refractivity contribution in [3.63, 3.8) is 0 Å². The molecule has 14 heavy (non-hydrogen) atoms. The van der Waals surface area contributed by atoms with Crippen LogP contribution in [-0.2, 0) is 17.6 Å². The second kappa shape index (κ2) is 4.13. The molecule has 0 radical (unpaired) electrons. The lowest BCUT2D eigenvalue weighted by molar-refractivity contribution is 0.200. The molecule has 0 saturated carbocycles. The molecule has 3 nitrogen and oxygen atoms in total. The highest BCUT2D eigenvalue weighted by Gasteiger charge is 2.20. The fourth-order valence-corrected chi connectivity index (χ4v) is 2.12. The van der Waals surface area contributed by atoms with Crippen molar-refractivity contribution >= 4 is 0 Å². The number of rotatable bonds is 3. The Morgan fingerprint density at radius 3 is 3.14 bits per heavy atom. The number of nitrogens with one attached hydrogen (secondary N) is 1. The highest BCUT2D eigenvalue weighted by molar-refractivity contribution is 5.21. The van der Waals surface area contributed by atoms with E-state index in [2.05, 4.69) is 16.9 Å². The zero-order chi connectivity index (χ0) is 9.97. The molecule has 1 N–H and O–H groups in total. The number of aryl methyl sites for hydroxylation is 1. The van der Waals surface area contributed by atoms with Gasteiger partial charge in [-0.15, -0.1) is 0 Å². The normalized spacial score (nSPS) is 20.9. The van der Waals surface area contributed by atoms with E-state index in [1.807, 2.05) is 0 Å². The summed E-state index contributed by atoms with van der Waals surface area (Å²) in [7, 11) is 1.73. The molecule has 2 rings (SSSR count). The van der Waals surface area contributed by atoms with Gasteiger partial charge in [-0.1, -0.05) is 6.92 Å². The molecule has 0 spiro atoms. The van der Waals surface area contributed by atoms with Gasteiger partial charge in [0.1, 0.15) is 5.82 Å². The van der Waals surface area contributed by atoms with E-state index in [9.17, 15) is 0 Å². The molecule has 1 heterocycles. The quantitative estimate of drug-likeness (QED) is 0.799. The first-order valence-electron chi connectivity index (χ1n) is 5.38. The first-order valence-corrected chi connectivity index (χ1v) is 5.38. The monoisotopic (exact) mass is 194 g/mol. The molecule has 78 valence electrons. The number of hydrogen-bond acceptors (Lipinski definition) is 2. The van der Waals surface area contributed by atoms with Gasteiger partial charge >= 0.3 is 0 Å². The molecule has 0 bridgehead atoms. The van der Waals surface area contributed by atoms with Gasteiger partial charge in [0.05, 0.1) is 12.3 Å². The van der Waals surface area contributed by atoms with Gasteiger partial charge in [0, 0.05) is 25.1 Å². The topological polar surface area (TPSA) is 37.9 Å². The maximum Gasteiger partial charge on any atom is 0.108 e. The lowest BCUT2D eigenvalue weighted by atomic mass is 9.92. The zero-order valence-corrected chi connectivity index (χ0v) is 8.97. The van der Waals surface area contributed by atoms with Crippen LogP contribution in [-0.4, -0.2) is 23.7 Å². The Bertz CT molecular complexity index is 306. The van der Waals surface area contributed by atoms with Gasteiger partial charge < -0.3 is 9.72 Å². The first kappa shape index (κ1) is 9.71. The van der Waals surface area contributed by atoms with Crippen LogP contribution in [0.5, 0.6) is 0 Å². The smallest absolute Gasteiger partial charge is 0.108 e. The van der Waals surface area contributed by atoms with E-state index in [-0.39, 0.29) is 0 Å². The average Bonchev–Trinajstić information content (AvgIpc) is 2.59. The number of hydrogen-bond donors (Lipinski definition) is 1. The Kier molecular flexibility index (Phi) is 2.87. The third-order valence-corrected chi connectivity index (χ3v) is 2.93. The fourth-order valence-electron chi connectivity index (χ4n) is 2.12. The van der Waals surface area contributed by atoms with Gasteiger partial charge in [0.15, 0.2) is 0 Å². The van der Waals surface area contributed by atoms with Gasteiger partial charge in [-0.05, 0) is 19.3 Å². The third kappa shape index (κ3) is 1.82. The van der Waals surface area contributed by atoms with Crippen LogP contribution in [0.15, 0.2) is 0 Å². The largest absolute Gasteiger partial charge is 0.384 e. The minimum Gasteiger partial charge on any atom is -0.384 e. The van der Waals surface area contributed by atoms with Crippen LogP contribution in [0.4, 0.5) is 0 Å². The molecule has 1 unspecified atom stereocenters. The van der Waals surface area contributed by atoms with Crippen molar-refractivity contribution in [3.8, 4) is 0 Å². The second-order valence-corrected chi connectivity index (χ2v) is 4.08. The van der Waals surface area contributed by atoms with Gasteiger partial charge in [0.25, 0.3) is 0 Å². The highest BCUT2D eigenvalue weighted by atomic mass is 16.5. The van der Waals surface area contributed by atoms with E-state index in [1.165, 1.54) is 30.7 Å². The molecule has 1 aliphatic rings. The zero-order valence-electron chi connectivity index (χ0n) is 8.97. The van der Waals surface area contributed by atoms with Crippen LogP contribution in [0.25, 0.3) is 0 Å². The predicted molar refractivity (Wildman–Crippen MR) is 55.5 cm³/mol. The molecular formula is C11H18N2O. The van der Waals surface area contributed by atoms with E-state index in [0.29, 0.717) is 5.92 Å². The van der Waals surface area contributed by atoms with E-state index < -0.39 is 0 Å². The molecule has 0 amide bonds. The van der Waals surface area contributed by atoms with Gasteiger partial charge in [-0.3, -0.25) is 0 Å². The van der Waals surface area contributed by atoms with Crippen molar-refractivity contribution in [2.45, 2.75) is 38.5 Å². The summed E-state index contributed by atoms with van der Waals surface area (Å²) in [6, 6.07) is 0. The van der Waals surface area contributed by atoms with Crippen molar-refractivity contribution in [1.82, 2.24) is 9.97 Å². The molecule has 1 atom stereocenters. The molecule has 0 aromatic carbocycles. The molecule has 0 saturated heterocycles. The van der Waals surface area contributed by atoms with Gasteiger partial charge in [-0.25, -0.2) is 4.98 Å². The van der Waals surface area contributed by atoms with E-state index in [1.54, 1.807) is 7.11 Å². The number of ether oxygens (including phenoxy) is 1. The summed E-state index contributed by atoms with van der Waals surface area (Å²) >= 11 is 0. The fraction of sp³-hybridized carbons (Fsp3) is 0.727. The average molecular weight is 194 g/mol. The standard InChI is InChI=1S/C11H18N2O/c1-8-4-3-5-9-11(8)13-10(12-9)6-7-14-2/h8H,3-7H2,1-2H3,(H,12,13). The number of H-pyrrole nitrogens is 1. The van der Waals surface area contributed by atoms with Crippen molar-refractivity contribution < 1.29 is 4.74 Å². The first-order chi connectivity index (χ1) is 6.81. The molecule has 0 fully saturated rings. The summed E-state index contributed by atoms with van der Waals surface area (Å²) in [6.45, 7) is 3.01. The van der Waals surface area contributed by atoms with Gasteiger partial charge in [-0.2, -0.15) is 0 Å². The van der Waals surface area contributed by atoms with Crippen LogP contribution < -0.4 is 0 Å². The molecule has 1 aliphatic carbocycles. The Morgan fingerprint density at radius 2 is 2.43 bits per heavy atom. The lowest BCUT2D eigenvalue weighted by Crippen LogP contribution is -2.05. The Balaban J connectivity index is 2.13. The summed E-state index contributed by atoms with van der Waals surface area (Å²) < 4.78 is 5.04. The number of aromatic amines is 1. The Hall–Kier alpha value is -0.830. The number of imidazole rings is 1. The SMILES string of the molecule is COCCc1nc2c([nH]1)CCCC2C. The van der Waals surface area contributed by atoms with Gasteiger partial charge in [0.2, 0.25) is 0 Å². The van der Waals surface area contributed by atoms with Crippen molar-refractivity contribution in [2.24, 2.45) is 0 Å². The molecule has 3 heteroatoms. The Labute approximate surface area is 84.9 Å². The summed E-state index contributed by atoms with van der Waals surface area (Å²) in [5.74, 6) is 1.72. The predicted octanol–water partition coefficient (Wildman–Crippen LogP) is 2.04. The number of methoxy groups -OCH3 is 1. The van der Waals surface area contributed by atoms with Crippen LogP contribution in [0, 0.1) is 0 Å². The minimum atomic E-state index is 0.631. The van der Waals surface area contributed by atoms with Crippen LogP contribution in [0.3, 0.4) is 0 Å². The molecule has 1 aromatic rings. The van der Waals surface area contributed by atoms with Crippen molar-refractivity contribution in [3.05, 3.63) is 17.2 Å². The Morgan fingerprint density at radius 1 is 1.57 bits per heavy atom. The van der Waals surface area contributed by atoms with Crippen molar-refractivity contribution in [2.75, 3.05) is 13.7 Å². The number of nitrogens with zero attached hydrogens (tertiary/aromatic N) is 1. The summed E-state index contributed by atoms with van der Waals surface area (Å²) in [4.78, 5) is 8.04. The molecule has 0 aliphatic heterocycles. The second-order valence-electron chi connectivity index (χ2n) is 4.08. The molecular weight excluding hydrogens is 176 g/mol. The minimum absolute atomic E-state index is 0.631. The summed E-state index contributed by atoms with van der Waals surface area (Å²) in [6.07, 6.45) is 4.64. The third-order valence-electron chi connectivity index (χ3n) is 2.93. The van der Waals surface area contributed by atoms with Crippen LogP contribution >= 0.6 is 0 Å².